The zero-order valence-electron chi connectivity index (χ0n) is 33.4. The van der Waals surface area contributed by atoms with Crippen molar-refractivity contribution in [3.8, 4) is 0 Å². The lowest BCUT2D eigenvalue weighted by Gasteiger charge is -2.36. The predicted octanol–water partition coefficient (Wildman–Crippen LogP) is 4.84. The lowest BCUT2D eigenvalue weighted by molar-refractivity contribution is -0.192. The number of ether oxygens (including phenoxy) is 1. The molecule has 4 bridgehead atoms. The highest BCUT2D eigenvalue weighted by molar-refractivity contribution is 7.91. The Morgan fingerprint density at radius 2 is 1.63 bits per heavy atom. The molecule has 0 unspecified atom stereocenters. The molecule has 14 nitrogen and oxygen atoms in total. The van der Waals surface area contributed by atoms with E-state index in [1.807, 2.05) is 0 Å². The summed E-state index contributed by atoms with van der Waals surface area (Å²) >= 11 is 0. The Hall–Kier alpha value is -4.19. The lowest BCUT2D eigenvalue weighted by atomic mass is 9.82. The summed E-state index contributed by atoms with van der Waals surface area (Å²) in [5, 5.41) is 13.1. The third-order valence-corrected chi connectivity index (χ3v) is 14.4. The number of halogens is 3. The first-order valence-corrected chi connectivity index (χ1v) is 22.4. The van der Waals surface area contributed by atoms with Gasteiger partial charge in [0, 0.05) is 31.5 Å². The molecule has 6 atom stereocenters. The van der Waals surface area contributed by atoms with Gasteiger partial charge in [-0.25, -0.2) is 18.0 Å². The van der Waals surface area contributed by atoms with Gasteiger partial charge in [0.1, 0.15) is 17.7 Å². The standard InChI is InChI=1S/C39H55N5O7S.C2HF3O2/c1-3-29-21-39(29,37(47)42-52(49,50)31-18-19-31)41-35(45)33-20-30-23-44(33)36(46)34(27-14-9-6-10-15-27)40-25(2)12-7-4-5-8-13-26-16-11-17-28-22-43(24-32(26)28)38(48)51-30;3-2(4,5)1(6)7/h3,11,16-17,25,27,29-31,33-34,40H,1,4-10,12-15,18-24H2,2H3,(H,41,45)(H,42,47);(H,6,7)/t25-,29-,30-,33+,34-,39-;/m1./s1. The molecule has 1 aromatic rings. The van der Waals surface area contributed by atoms with Gasteiger partial charge in [-0.15, -0.1) is 6.58 Å². The summed E-state index contributed by atoms with van der Waals surface area (Å²) in [4.78, 5) is 68.5. The van der Waals surface area contributed by atoms with Crippen molar-refractivity contribution in [3.05, 3.63) is 47.5 Å². The number of hydrogen-bond acceptors (Lipinski definition) is 9. The molecule has 59 heavy (non-hydrogen) atoms. The van der Waals surface area contributed by atoms with E-state index >= 15 is 0 Å². The molecular weight excluding hydrogens is 796 g/mol. The molecule has 326 valence electrons. The van der Waals surface area contributed by atoms with Gasteiger partial charge < -0.3 is 25.4 Å². The highest BCUT2D eigenvalue weighted by atomic mass is 32.2. The van der Waals surface area contributed by atoms with Crippen LogP contribution in [0.25, 0.3) is 0 Å². The van der Waals surface area contributed by atoms with Crippen LogP contribution in [0.1, 0.15) is 114 Å². The molecule has 3 aliphatic carbocycles. The van der Waals surface area contributed by atoms with E-state index in [9.17, 15) is 40.8 Å². The van der Waals surface area contributed by atoms with E-state index < -0.39 is 75.0 Å². The van der Waals surface area contributed by atoms with Crippen LogP contribution in [0.15, 0.2) is 30.9 Å². The third kappa shape index (κ3) is 10.6. The van der Waals surface area contributed by atoms with Crippen LogP contribution in [0.4, 0.5) is 18.0 Å². The van der Waals surface area contributed by atoms with E-state index in [1.54, 1.807) is 15.9 Å². The van der Waals surface area contributed by atoms with Crippen molar-refractivity contribution in [2.75, 3.05) is 6.54 Å². The van der Waals surface area contributed by atoms with Crippen molar-refractivity contribution < 1.29 is 55.4 Å². The van der Waals surface area contributed by atoms with Gasteiger partial charge in [0.05, 0.1) is 17.8 Å². The number of amides is 4. The summed E-state index contributed by atoms with van der Waals surface area (Å²) in [6.45, 7) is 6.89. The number of sulfonamides is 1. The van der Waals surface area contributed by atoms with Crippen molar-refractivity contribution >= 4 is 39.8 Å². The molecule has 7 rings (SSSR count). The molecular formula is C41H56F3N5O9S. The fourth-order valence-electron chi connectivity index (χ4n) is 9.03. The molecule has 4 fully saturated rings. The summed E-state index contributed by atoms with van der Waals surface area (Å²) in [6, 6.07) is 4.84. The Balaban J connectivity index is 0.000000768. The van der Waals surface area contributed by atoms with Crippen molar-refractivity contribution in [1.29, 1.82) is 0 Å². The normalized spacial score (nSPS) is 29.5. The molecule has 1 saturated heterocycles. The molecule has 4 N–H and O–H groups in total. The first-order valence-electron chi connectivity index (χ1n) is 20.9. The Kier molecular flexibility index (Phi) is 13.7. The highest BCUT2D eigenvalue weighted by Gasteiger charge is 2.62. The van der Waals surface area contributed by atoms with Gasteiger partial charge in [0.2, 0.25) is 21.8 Å². The average molecular weight is 852 g/mol. The average Bonchev–Trinajstić information content (AvgIpc) is 4.08. The quantitative estimate of drug-likeness (QED) is 0.276. The Bertz CT molecular complexity index is 1890. The van der Waals surface area contributed by atoms with Gasteiger partial charge in [-0.3, -0.25) is 24.0 Å². The van der Waals surface area contributed by atoms with E-state index in [0.717, 1.165) is 76.2 Å². The second kappa shape index (κ2) is 18.2. The van der Waals surface area contributed by atoms with Crippen LogP contribution in [-0.4, -0.2) is 101 Å². The number of carboxylic acid groups (broad SMARTS) is 1. The number of aryl methyl sites for hydroxylation is 1. The van der Waals surface area contributed by atoms with E-state index in [2.05, 4.69) is 47.1 Å². The van der Waals surface area contributed by atoms with E-state index in [4.69, 9.17) is 14.6 Å². The summed E-state index contributed by atoms with van der Waals surface area (Å²) in [5.41, 5.74) is 2.09. The Morgan fingerprint density at radius 3 is 2.27 bits per heavy atom. The van der Waals surface area contributed by atoms with Crippen LogP contribution < -0.4 is 15.4 Å². The molecule has 6 aliphatic rings. The molecule has 4 amide bonds. The molecule has 3 aliphatic heterocycles. The number of carboxylic acids is 1. The molecule has 0 radical (unpaired) electrons. The maximum atomic E-state index is 14.8. The zero-order chi connectivity index (χ0) is 42.7. The molecule has 3 saturated carbocycles. The minimum Gasteiger partial charge on any atom is -0.475 e. The fraction of sp³-hybridized carbons (Fsp3) is 0.683. The van der Waals surface area contributed by atoms with Crippen molar-refractivity contribution in [2.45, 2.75) is 158 Å². The second-order valence-electron chi connectivity index (χ2n) is 17.0. The second-order valence-corrected chi connectivity index (χ2v) is 19.0. The summed E-state index contributed by atoms with van der Waals surface area (Å²) in [5.74, 6) is -4.65. The van der Waals surface area contributed by atoms with Crippen LogP contribution in [-0.2, 0) is 53.4 Å². The van der Waals surface area contributed by atoms with Crippen LogP contribution in [0.2, 0.25) is 0 Å². The number of carbonyl (C=O) groups is 5. The molecule has 18 heteroatoms. The van der Waals surface area contributed by atoms with Crippen LogP contribution in [0, 0.1) is 11.8 Å². The first kappa shape index (κ1) is 44.4. The Morgan fingerprint density at radius 1 is 0.983 bits per heavy atom. The van der Waals surface area contributed by atoms with Crippen LogP contribution in [0.5, 0.6) is 0 Å². The van der Waals surface area contributed by atoms with Gasteiger partial charge in [-0.2, -0.15) is 13.2 Å². The van der Waals surface area contributed by atoms with E-state index in [-0.39, 0.29) is 37.3 Å². The van der Waals surface area contributed by atoms with Crippen LogP contribution in [0.3, 0.4) is 0 Å². The summed E-state index contributed by atoms with van der Waals surface area (Å²) < 4.78 is 65.5. The number of hydrogen-bond donors (Lipinski definition) is 4. The van der Waals surface area contributed by atoms with E-state index in [0.29, 0.717) is 25.9 Å². The number of rotatable bonds is 7. The topological polar surface area (TPSA) is 192 Å². The minimum atomic E-state index is -5.08. The van der Waals surface area contributed by atoms with Gasteiger partial charge in [-0.05, 0) is 80.9 Å². The number of nitrogens with zero attached hydrogens (tertiary/aromatic N) is 2. The minimum absolute atomic E-state index is 0.0497. The van der Waals surface area contributed by atoms with Crippen molar-refractivity contribution in [1.82, 2.24) is 25.2 Å². The third-order valence-electron chi connectivity index (χ3n) is 12.6. The monoisotopic (exact) mass is 851 g/mol. The maximum absolute atomic E-state index is 14.8. The molecule has 3 heterocycles. The molecule has 0 aromatic heterocycles. The van der Waals surface area contributed by atoms with Gasteiger partial charge in [0.25, 0.3) is 5.91 Å². The number of benzene rings is 1. The number of fused-ring (bicyclic) bond motifs is 3. The number of carbonyl (C=O) groups excluding carboxylic acids is 4. The van der Waals surface area contributed by atoms with Crippen LogP contribution >= 0.6 is 0 Å². The molecule has 1 aromatic carbocycles. The smallest absolute Gasteiger partial charge is 0.475 e. The van der Waals surface area contributed by atoms with Crippen molar-refractivity contribution in [3.63, 3.8) is 0 Å². The van der Waals surface area contributed by atoms with Gasteiger partial charge >= 0.3 is 18.2 Å². The lowest BCUT2D eigenvalue weighted by Crippen LogP contribution is -2.59. The van der Waals surface area contributed by atoms with Gasteiger partial charge in [-0.1, -0.05) is 62.8 Å². The summed E-state index contributed by atoms with van der Waals surface area (Å²) in [7, 11) is -3.85. The highest BCUT2D eigenvalue weighted by Crippen LogP contribution is 2.45. The first-order chi connectivity index (χ1) is 27.9. The number of aliphatic carboxylic acids is 1. The summed E-state index contributed by atoms with van der Waals surface area (Å²) in [6.07, 6.45) is 7.77. The number of alkyl halides is 3. The SMILES string of the molecule is C=C[C@@H]1C[C@]1(NC(=O)[C@@H]1C[C@@H]2CN1C(=O)[C@@H](C1CCCCC1)N[C@H](C)CCCCCCc1cccc3c1CN(C3)C(=O)O2)C(=O)NS(=O)(=O)C1CC1.O=C(O)C(F)(F)F. The predicted molar refractivity (Wildman–Crippen MR) is 209 cm³/mol. The van der Waals surface area contributed by atoms with Crippen molar-refractivity contribution in [2.24, 2.45) is 11.8 Å². The largest absolute Gasteiger partial charge is 0.490 e. The zero-order valence-corrected chi connectivity index (χ0v) is 34.3. The number of nitrogens with one attached hydrogen (secondary N) is 3. The van der Waals surface area contributed by atoms with Gasteiger partial charge in [0.15, 0.2) is 0 Å². The van der Waals surface area contributed by atoms with E-state index in [1.165, 1.54) is 11.1 Å². The fourth-order valence-corrected chi connectivity index (χ4v) is 10.4. The molecule has 0 spiro atoms. The Labute approximate surface area is 343 Å². The maximum Gasteiger partial charge on any atom is 0.490 e.